The van der Waals surface area contributed by atoms with Gasteiger partial charge in [0.1, 0.15) is 6.10 Å². The minimum atomic E-state index is -0.382. The SMILES string of the molecule is CC.CC.CC(=O)NCC1CN(c2ccc(Br)cc2)C(=O)O1. The number of cyclic esters (lactones) is 1. The molecule has 1 aliphatic heterocycles. The molecule has 1 aromatic carbocycles. The Morgan fingerprint density at radius 1 is 1.27 bits per heavy atom. The zero-order chi connectivity index (χ0) is 17.1. The summed E-state index contributed by atoms with van der Waals surface area (Å²) in [5, 5.41) is 2.64. The van der Waals surface area contributed by atoms with Crippen LogP contribution in [-0.2, 0) is 9.53 Å². The normalized spacial score (nSPS) is 15.8. The van der Waals surface area contributed by atoms with Crippen LogP contribution in [-0.4, -0.2) is 31.2 Å². The van der Waals surface area contributed by atoms with E-state index in [9.17, 15) is 9.59 Å². The topological polar surface area (TPSA) is 58.6 Å². The summed E-state index contributed by atoms with van der Waals surface area (Å²) in [5.74, 6) is -0.131. The van der Waals surface area contributed by atoms with Crippen LogP contribution in [0.3, 0.4) is 0 Å². The van der Waals surface area contributed by atoms with Crippen molar-refractivity contribution in [2.45, 2.75) is 40.7 Å². The van der Waals surface area contributed by atoms with E-state index in [1.54, 1.807) is 4.90 Å². The Bertz CT molecular complexity index is 463. The molecule has 0 spiro atoms. The lowest BCUT2D eigenvalue weighted by Gasteiger charge is -2.12. The van der Waals surface area contributed by atoms with Crippen molar-refractivity contribution in [3.05, 3.63) is 28.7 Å². The smallest absolute Gasteiger partial charge is 0.414 e. The Morgan fingerprint density at radius 3 is 2.32 bits per heavy atom. The van der Waals surface area contributed by atoms with Gasteiger partial charge < -0.3 is 10.1 Å². The Morgan fingerprint density at radius 2 is 1.82 bits per heavy atom. The van der Waals surface area contributed by atoms with Gasteiger partial charge in [0.15, 0.2) is 0 Å². The second-order valence-electron chi connectivity index (χ2n) is 4.03. The number of halogens is 1. The predicted molar refractivity (Wildman–Crippen MR) is 93.1 cm³/mol. The van der Waals surface area contributed by atoms with Crippen molar-refractivity contribution in [2.24, 2.45) is 0 Å². The maximum atomic E-state index is 11.7. The highest BCUT2D eigenvalue weighted by Crippen LogP contribution is 2.23. The molecule has 1 fully saturated rings. The zero-order valence-electron chi connectivity index (χ0n) is 13.9. The molecule has 1 N–H and O–H groups in total. The molecule has 1 saturated heterocycles. The van der Waals surface area contributed by atoms with Crippen molar-refractivity contribution in [2.75, 3.05) is 18.0 Å². The van der Waals surface area contributed by atoms with Crippen LogP contribution >= 0.6 is 15.9 Å². The molecule has 1 heterocycles. The van der Waals surface area contributed by atoms with Crippen molar-refractivity contribution in [1.29, 1.82) is 0 Å². The molecule has 2 amide bonds. The fourth-order valence-corrected chi connectivity index (χ4v) is 1.98. The molecule has 1 unspecified atom stereocenters. The highest BCUT2D eigenvalue weighted by Gasteiger charge is 2.32. The van der Waals surface area contributed by atoms with Crippen molar-refractivity contribution < 1.29 is 14.3 Å². The third-order valence-electron chi connectivity index (χ3n) is 2.59. The van der Waals surface area contributed by atoms with Gasteiger partial charge in [-0.05, 0) is 24.3 Å². The highest BCUT2D eigenvalue weighted by molar-refractivity contribution is 9.10. The quantitative estimate of drug-likeness (QED) is 0.873. The lowest BCUT2D eigenvalue weighted by Crippen LogP contribution is -2.33. The van der Waals surface area contributed by atoms with Crippen LogP contribution < -0.4 is 10.2 Å². The van der Waals surface area contributed by atoms with Crippen molar-refractivity contribution in [3.63, 3.8) is 0 Å². The number of rotatable bonds is 3. The van der Waals surface area contributed by atoms with E-state index in [0.717, 1.165) is 10.2 Å². The fraction of sp³-hybridized carbons (Fsp3) is 0.500. The third-order valence-corrected chi connectivity index (χ3v) is 3.12. The minimum Gasteiger partial charge on any atom is -0.442 e. The number of carbonyl (C=O) groups is 2. The van der Waals surface area contributed by atoms with Crippen LogP contribution in [0.5, 0.6) is 0 Å². The predicted octanol–water partition coefficient (Wildman–Crippen LogP) is 3.96. The van der Waals surface area contributed by atoms with Gasteiger partial charge in [0.2, 0.25) is 5.91 Å². The maximum Gasteiger partial charge on any atom is 0.414 e. The van der Waals surface area contributed by atoms with Crippen LogP contribution in [0.15, 0.2) is 28.7 Å². The van der Waals surface area contributed by atoms with Gasteiger partial charge in [-0.25, -0.2) is 4.79 Å². The molecule has 0 saturated carbocycles. The Kier molecular flexibility index (Phi) is 10.3. The number of nitrogens with one attached hydrogen (secondary N) is 1. The Balaban J connectivity index is 0.00000102. The van der Waals surface area contributed by atoms with E-state index in [2.05, 4.69) is 21.2 Å². The Hall–Kier alpha value is -1.56. The van der Waals surface area contributed by atoms with Gasteiger partial charge in [0.05, 0.1) is 13.1 Å². The van der Waals surface area contributed by atoms with E-state index in [0.29, 0.717) is 13.1 Å². The molecule has 1 atom stereocenters. The van der Waals surface area contributed by atoms with Crippen LogP contribution in [0.4, 0.5) is 10.5 Å². The van der Waals surface area contributed by atoms with Crippen molar-refractivity contribution >= 4 is 33.6 Å². The first-order valence-corrected chi connectivity index (χ1v) is 8.33. The lowest BCUT2D eigenvalue weighted by molar-refractivity contribution is -0.119. The average Bonchev–Trinajstić information content (AvgIpc) is 2.91. The van der Waals surface area contributed by atoms with E-state index in [1.165, 1.54) is 6.92 Å². The largest absolute Gasteiger partial charge is 0.442 e. The Labute approximate surface area is 141 Å². The highest BCUT2D eigenvalue weighted by atomic mass is 79.9. The molecule has 5 nitrogen and oxygen atoms in total. The summed E-state index contributed by atoms with van der Waals surface area (Å²) in [6.45, 7) is 10.2. The second-order valence-corrected chi connectivity index (χ2v) is 4.95. The van der Waals surface area contributed by atoms with E-state index < -0.39 is 0 Å². The molecule has 6 heteroatoms. The van der Waals surface area contributed by atoms with Crippen molar-refractivity contribution in [3.8, 4) is 0 Å². The molecule has 124 valence electrons. The van der Waals surface area contributed by atoms with Gasteiger partial charge >= 0.3 is 6.09 Å². The van der Waals surface area contributed by atoms with E-state index >= 15 is 0 Å². The average molecular weight is 373 g/mol. The van der Waals surface area contributed by atoms with E-state index in [4.69, 9.17) is 4.74 Å². The number of benzene rings is 1. The summed E-state index contributed by atoms with van der Waals surface area (Å²) in [5.41, 5.74) is 0.786. The standard InChI is InChI=1S/C12H13BrN2O3.2C2H6/c1-8(16)14-6-11-7-15(12(17)18-11)10-4-2-9(13)3-5-10;2*1-2/h2-5,11H,6-7H2,1H3,(H,14,16);2*1-2H3. The van der Waals surface area contributed by atoms with Crippen LogP contribution in [0.1, 0.15) is 34.6 Å². The molecule has 2 rings (SSSR count). The van der Waals surface area contributed by atoms with Gasteiger partial charge in [-0.1, -0.05) is 43.6 Å². The minimum absolute atomic E-state index is 0.131. The monoisotopic (exact) mass is 372 g/mol. The first-order chi connectivity index (χ1) is 10.6. The maximum absolute atomic E-state index is 11.7. The molecule has 0 aromatic heterocycles. The first kappa shape index (κ1) is 20.4. The summed E-state index contributed by atoms with van der Waals surface area (Å²) >= 11 is 3.34. The number of hydrogen-bond donors (Lipinski definition) is 1. The molecular weight excluding hydrogens is 348 g/mol. The number of hydrogen-bond acceptors (Lipinski definition) is 3. The van der Waals surface area contributed by atoms with Crippen LogP contribution in [0.2, 0.25) is 0 Å². The van der Waals surface area contributed by atoms with Gasteiger partial charge in [0.25, 0.3) is 0 Å². The second kappa shape index (κ2) is 11.1. The molecule has 1 aliphatic rings. The molecule has 1 aromatic rings. The number of ether oxygens (including phenoxy) is 1. The molecule has 22 heavy (non-hydrogen) atoms. The number of carbonyl (C=O) groups excluding carboxylic acids is 2. The summed E-state index contributed by atoms with van der Waals surface area (Å²) in [6, 6.07) is 7.41. The van der Waals surface area contributed by atoms with E-state index in [-0.39, 0.29) is 18.1 Å². The fourth-order valence-electron chi connectivity index (χ4n) is 1.72. The lowest BCUT2D eigenvalue weighted by atomic mass is 10.2. The van der Waals surface area contributed by atoms with Crippen molar-refractivity contribution in [1.82, 2.24) is 5.32 Å². The third kappa shape index (κ3) is 6.47. The first-order valence-electron chi connectivity index (χ1n) is 7.54. The zero-order valence-corrected chi connectivity index (χ0v) is 15.4. The molecule has 0 radical (unpaired) electrons. The van der Waals surface area contributed by atoms with Gasteiger partial charge in [-0.3, -0.25) is 9.69 Å². The number of nitrogens with zero attached hydrogens (tertiary/aromatic N) is 1. The van der Waals surface area contributed by atoms with Gasteiger partial charge in [0, 0.05) is 17.1 Å². The molecule has 0 bridgehead atoms. The van der Waals surface area contributed by atoms with Crippen LogP contribution in [0, 0.1) is 0 Å². The number of amides is 2. The molecular formula is C16H25BrN2O3. The summed E-state index contributed by atoms with van der Waals surface area (Å²) in [6.07, 6.45) is -0.683. The van der Waals surface area contributed by atoms with Gasteiger partial charge in [-0.15, -0.1) is 0 Å². The van der Waals surface area contributed by atoms with Gasteiger partial charge in [-0.2, -0.15) is 0 Å². The number of anilines is 1. The summed E-state index contributed by atoms with van der Waals surface area (Å²) in [7, 11) is 0. The summed E-state index contributed by atoms with van der Waals surface area (Å²) in [4.78, 5) is 24.0. The molecule has 0 aliphatic carbocycles. The van der Waals surface area contributed by atoms with E-state index in [1.807, 2.05) is 52.0 Å². The summed E-state index contributed by atoms with van der Waals surface area (Å²) < 4.78 is 6.12. The van der Waals surface area contributed by atoms with Crippen LogP contribution in [0.25, 0.3) is 0 Å².